The van der Waals surface area contributed by atoms with Gasteiger partial charge in [-0.1, -0.05) is 11.3 Å². The lowest BCUT2D eigenvalue weighted by atomic mass is 9.79. The van der Waals surface area contributed by atoms with Crippen LogP contribution in [0.3, 0.4) is 0 Å². The van der Waals surface area contributed by atoms with Crippen LogP contribution in [0.2, 0.25) is 0 Å². The van der Waals surface area contributed by atoms with Gasteiger partial charge < -0.3 is 19.7 Å². The van der Waals surface area contributed by atoms with Crippen LogP contribution in [-0.2, 0) is 4.74 Å². The number of aromatic nitrogens is 1. The Hall–Kier alpha value is -2.16. The number of carbonyl (C=O) groups excluding carboxylic acids is 1. The molecule has 1 amide bonds. The smallest absolute Gasteiger partial charge is 0.280 e. The minimum atomic E-state index is -0.00370. The Morgan fingerprint density at radius 2 is 1.90 bits per heavy atom. The molecule has 0 saturated carbocycles. The molecule has 4 fully saturated rings. The summed E-state index contributed by atoms with van der Waals surface area (Å²) in [7, 11) is 0. The molecule has 5 heterocycles. The van der Waals surface area contributed by atoms with Gasteiger partial charge in [0.05, 0.1) is 19.4 Å². The lowest BCUT2D eigenvalue weighted by molar-refractivity contribution is 0.0217. The van der Waals surface area contributed by atoms with Crippen LogP contribution >= 0.6 is 11.3 Å². The van der Waals surface area contributed by atoms with Crippen molar-refractivity contribution < 1.29 is 14.3 Å². The average molecular weight is 429 g/mol. The summed E-state index contributed by atoms with van der Waals surface area (Å²) in [4.78, 5) is 21.9. The van der Waals surface area contributed by atoms with E-state index in [0.717, 1.165) is 44.4 Å². The van der Waals surface area contributed by atoms with Gasteiger partial charge in [-0.05, 0) is 63.0 Å². The minimum absolute atomic E-state index is 0.00370. The maximum Gasteiger partial charge on any atom is 0.280 e. The minimum Gasteiger partial charge on any atom is -0.431 e. The number of nitrogens with zero attached hydrogens (tertiary/aromatic N) is 3. The second kappa shape index (κ2) is 8.53. The standard InChI is InChI=1S/C22H28N4O3S/c1-15-20(16-6-8-25(15)9-7-16)24-21(27)17-2-4-18(5-3-17)29-22-23-14-19(30-22)26-10-12-28-13-11-26/h2-5,14-16,20H,6-13H2,1H3,(H,24,27)/t15-,20+/m1/s1. The van der Waals surface area contributed by atoms with Crippen LogP contribution in [0.15, 0.2) is 30.5 Å². The fourth-order valence-corrected chi connectivity index (χ4v) is 5.62. The van der Waals surface area contributed by atoms with E-state index in [2.05, 4.69) is 27.0 Å². The van der Waals surface area contributed by atoms with Crippen LogP contribution in [0.5, 0.6) is 10.9 Å². The monoisotopic (exact) mass is 428 g/mol. The number of nitrogens with one attached hydrogen (secondary N) is 1. The molecule has 2 bridgehead atoms. The number of hydrogen-bond donors (Lipinski definition) is 1. The van der Waals surface area contributed by atoms with Gasteiger partial charge in [0.25, 0.3) is 11.1 Å². The lowest BCUT2D eigenvalue weighted by Crippen LogP contribution is -2.62. The number of piperidine rings is 3. The molecule has 160 valence electrons. The highest BCUT2D eigenvalue weighted by Gasteiger charge is 2.40. The second-order valence-corrected chi connectivity index (χ2v) is 9.28. The molecule has 4 saturated heterocycles. The van der Waals surface area contributed by atoms with Gasteiger partial charge in [-0.25, -0.2) is 4.98 Å². The molecule has 8 heteroatoms. The topological polar surface area (TPSA) is 66.9 Å². The highest BCUT2D eigenvalue weighted by molar-refractivity contribution is 7.17. The first-order chi connectivity index (χ1) is 14.7. The molecule has 1 aromatic heterocycles. The zero-order chi connectivity index (χ0) is 20.5. The molecule has 30 heavy (non-hydrogen) atoms. The molecule has 1 aromatic carbocycles. The molecule has 0 spiro atoms. The van der Waals surface area contributed by atoms with E-state index in [4.69, 9.17) is 9.47 Å². The number of hydrogen-bond acceptors (Lipinski definition) is 7. The normalized spacial score (nSPS) is 28.4. The maximum absolute atomic E-state index is 12.8. The van der Waals surface area contributed by atoms with Crippen LogP contribution in [-0.4, -0.2) is 67.3 Å². The summed E-state index contributed by atoms with van der Waals surface area (Å²) < 4.78 is 11.3. The summed E-state index contributed by atoms with van der Waals surface area (Å²) >= 11 is 1.53. The predicted molar refractivity (Wildman–Crippen MR) is 117 cm³/mol. The second-order valence-electron chi connectivity index (χ2n) is 8.30. The summed E-state index contributed by atoms with van der Waals surface area (Å²) in [5.74, 6) is 1.28. The lowest BCUT2D eigenvalue weighted by Gasteiger charge is -2.49. The maximum atomic E-state index is 12.8. The zero-order valence-electron chi connectivity index (χ0n) is 17.3. The molecule has 0 aliphatic carbocycles. The van der Waals surface area contributed by atoms with Gasteiger partial charge in [0.1, 0.15) is 10.8 Å². The van der Waals surface area contributed by atoms with Crippen molar-refractivity contribution in [2.75, 3.05) is 44.3 Å². The molecule has 0 unspecified atom stereocenters. The summed E-state index contributed by atoms with van der Waals surface area (Å²) in [6, 6.07) is 7.98. The van der Waals surface area contributed by atoms with Crippen LogP contribution in [0, 0.1) is 5.92 Å². The van der Waals surface area contributed by atoms with Crippen LogP contribution in [0.4, 0.5) is 5.00 Å². The van der Waals surface area contributed by atoms with E-state index in [0.29, 0.717) is 28.5 Å². The van der Waals surface area contributed by atoms with E-state index in [9.17, 15) is 4.79 Å². The summed E-state index contributed by atoms with van der Waals surface area (Å²) in [5.41, 5.74) is 0.666. The van der Waals surface area contributed by atoms with E-state index in [1.165, 1.54) is 24.2 Å². The number of thiazole rings is 1. The first-order valence-electron chi connectivity index (χ1n) is 10.8. The fraction of sp³-hybridized carbons (Fsp3) is 0.545. The molecule has 2 atom stereocenters. The average Bonchev–Trinajstić information content (AvgIpc) is 3.26. The van der Waals surface area contributed by atoms with Crippen molar-refractivity contribution in [1.82, 2.24) is 15.2 Å². The van der Waals surface area contributed by atoms with Crippen LogP contribution < -0.4 is 15.0 Å². The molecule has 6 rings (SSSR count). The number of rotatable bonds is 5. The third-order valence-electron chi connectivity index (χ3n) is 6.59. The van der Waals surface area contributed by atoms with Gasteiger partial charge in [0.2, 0.25) is 0 Å². The van der Waals surface area contributed by atoms with Gasteiger partial charge in [-0.15, -0.1) is 0 Å². The third-order valence-corrected chi connectivity index (χ3v) is 7.53. The van der Waals surface area contributed by atoms with Gasteiger partial charge in [0.15, 0.2) is 0 Å². The fourth-order valence-electron chi connectivity index (χ4n) is 4.78. The third kappa shape index (κ3) is 4.04. The van der Waals surface area contributed by atoms with Gasteiger partial charge >= 0.3 is 0 Å². The molecule has 7 nitrogen and oxygen atoms in total. The molecular formula is C22H28N4O3S. The van der Waals surface area contributed by atoms with E-state index < -0.39 is 0 Å². The molecule has 0 radical (unpaired) electrons. The van der Waals surface area contributed by atoms with E-state index >= 15 is 0 Å². The number of morpholine rings is 1. The van der Waals surface area contributed by atoms with Crippen molar-refractivity contribution in [1.29, 1.82) is 0 Å². The van der Waals surface area contributed by atoms with E-state index in [1.54, 1.807) is 0 Å². The summed E-state index contributed by atoms with van der Waals surface area (Å²) in [5, 5.41) is 4.98. The zero-order valence-corrected chi connectivity index (χ0v) is 18.1. The number of carbonyl (C=O) groups is 1. The number of anilines is 1. The van der Waals surface area contributed by atoms with Crippen molar-refractivity contribution >= 4 is 22.2 Å². The first kappa shape index (κ1) is 19.8. The van der Waals surface area contributed by atoms with Gasteiger partial charge in [-0.3, -0.25) is 9.69 Å². The van der Waals surface area contributed by atoms with Crippen molar-refractivity contribution in [3.63, 3.8) is 0 Å². The van der Waals surface area contributed by atoms with Crippen LogP contribution in [0.1, 0.15) is 30.1 Å². The van der Waals surface area contributed by atoms with Crippen molar-refractivity contribution in [3.8, 4) is 10.9 Å². The Morgan fingerprint density at radius 3 is 2.60 bits per heavy atom. The summed E-state index contributed by atoms with van der Waals surface area (Å²) in [6.07, 6.45) is 4.22. The molecule has 4 aliphatic heterocycles. The Balaban J connectivity index is 1.19. The van der Waals surface area contributed by atoms with E-state index in [1.807, 2.05) is 30.5 Å². The number of benzene rings is 1. The van der Waals surface area contributed by atoms with Gasteiger partial charge in [-0.2, -0.15) is 0 Å². The number of fused-ring (bicyclic) bond motifs is 3. The number of ether oxygens (including phenoxy) is 2. The Bertz CT molecular complexity index is 871. The predicted octanol–water partition coefficient (Wildman–Crippen LogP) is 2.98. The van der Waals surface area contributed by atoms with Crippen molar-refractivity contribution in [3.05, 3.63) is 36.0 Å². The van der Waals surface area contributed by atoms with Crippen molar-refractivity contribution in [2.24, 2.45) is 5.92 Å². The molecule has 1 N–H and O–H groups in total. The summed E-state index contributed by atoms with van der Waals surface area (Å²) in [6.45, 7) is 7.80. The largest absolute Gasteiger partial charge is 0.431 e. The molecule has 4 aliphatic rings. The Kier molecular flexibility index (Phi) is 5.62. The molecule has 2 aromatic rings. The number of amides is 1. The van der Waals surface area contributed by atoms with Gasteiger partial charge in [0, 0.05) is 30.7 Å². The molecular weight excluding hydrogens is 400 g/mol. The van der Waals surface area contributed by atoms with Crippen LogP contribution in [0.25, 0.3) is 0 Å². The SMILES string of the molecule is C[C@@H]1[C@H](NC(=O)c2ccc(Oc3ncc(N4CCOCC4)s3)cc2)C2CCN1CC2. The highest BCUT2D eigenvalue weighted by atomic mass is 32.1. The Labute approximate surface area is 181 Å². The highest BCUT2D eigenvalue weighted by Crippen LogP contribution is 2.33. The first-order valence-corrected chi connectivity index (χ1v) is 11.6. The Morgan fingerprint density at radius 1 is 1.17 bits per heavy atom. The van der Waals surface area contributed by atoms with E-state index in [-0.39, 0.29) is 11.9 Å². The van der Waals surface area contributed by atoms with Crippen molar-refractivity contribution in [2.45, 2.75) is 31.8 Å². The quantitative estimate of drug-likeness (QED) is 0.790.